The summed E-state index contributed by atoms with van der Waals surface area (Å²) in [6.07, 6.45) is 0. The molecule has 2 heterocycles. The molecule has 6 nitrogen and oxygen atoms in total. The van der Waals surface area contributed by atoms with Crippen molar-refractivity contribution in [1.29, 1.82) is 0 Å². The van der Waals surface area contributed by atoms with Gasteiger partial charge in [-0.25, -0.2) is 0 Å². The van der Waals surface area contributed by atoms with Gasteiger partial charge in [-0.15, -0.1) is 5.10 Å². The van der Waals surface area contributed by atoms with E-state index in [0.717, 1.165) is 24.6 Å². The largest absolute Gasteiger partial charge is 0.484 e. The zero-order valence-corrected chi connectivity index (χ0v) is 14.2. The van der Waals surface area contributed by atoms with Crippen molar-refractivity contribution in [3.05, 3.63) is 47.1 Å². The average molecular weight is 347 g/mol. The highest BCUT2D eigenvalue weighted by Gasteiger charge is 2.22. The predicted molar refractivity (Wildman–Crippen MR) is 92.5 cm³/mol. The van der Waals surface area contributed by atoms with Crippen molar-refractivity contribution < 1.29 is 9.53 Å². The monoisotopic (exact) mass is 346 g/mol. The van der Waals surface area contributed by atoms with E-state index in [0.29, 0.717) is 23.9 Å². The number of anilines is 1. The van der Waals surface area contributed by atoms with Crippen molar-refractivity contribution >= 4 is 23.3 Å². The lowest BCUT2D eigenvalue weighted by molar-refractivity contribution is -0.133. The second kappa shape index (κ2) is 7.49. The molecule has 1 saturated heterocycles. The Morgan fingerprint density at radius 2 is 1.96 bits per heavy atom. The SMILES string of the molecule is Cc1ccc(N2CCN(C(=O)COc3cccc(Cl)c3)CC2)nn1. The van der Waals surface area contributed by atoms with E-state index in [1.165, 1.54) is 0 Å². The minimum Gasteiger partial charge on any atom is -0.484 e. The van der Waals surface area contributed by atoms with Gasteiger partial charge in [0.1, 0.15) is 5.75 Å². The van der Waals surface area contributed by atoms with Crippen LogP contribution in [-0.2, 0) is 4.79 Å². The summed E-state index contributed by atoms with van der Waals surface area (Å²) in [5.74, 6) is 1.43. The minimum atomic E-state index is -0.0235. The van der Waals surface area contributed by atoms with Crippen LogP contribution < -0.4 is 9.64 Å². The molecule has 0 unspecified atom stereocenters. The topological polar surface area (TPSA) is 58.6 Å². The van der Waals surface area contributed by atoms with Crippen molar-refractivity contribution in [3.8, 4) is 5.75 Å². The van der Waals surface area contributed by atoms with Gasteiger partial charge in [-0.2, -0.15) is 5.10 Å². The van der Waals surface area contributed by atoms with Gasteiger partial charge < -0.3 is 14.5 Å². The van der Waals surface area contributed by atoms with Crippen molar-refractivity contribution in [3.63, 3.8) is 0 Å². The molecule has 0 radical (unpaired) electrons. The van der Waals surface area contributed by atoms with Crippen LogP contribution in [0.4, 0.5) is 5.82 Å². The van der Waals surface area contributed by atoms with Crippen LogP contribution in [0.15, 0.2) is 36.4 Å². The highest BCUT2D eigenvalue weighted by atomic mass is 35.5. The summed E-state index contributed by atoms with van der Waals surface area (Å²) < 4.78 is 5.51. The molecule has 0 N–H and O–H groups in total. The Hall–Kier alpha value is -2.34. The van der Waals surface area contributed by atoms with E-state index in [2.05, 4.69) is 15.1 Å². The normalized spacial score (nSPS) is 14.6. The van der Waals surface area contributed by atoms with Crippen LogP contribution in [-0.4, -0.2) is 53.8 Å². The molecule has 7 heteroatoms. The summed E-state index contributed by atoms with van der Waals surface area (Å²) in [5, 5.41) is 8.86. The zero-order valence-electron chi connectivity index (χ0n) is 13.5. The Bertz CT molecular complexity index is 700. The van der Waals surface area contributed by atoms with Gasteiger partial charge in [-0.3, -0.25) is 4.79 Å². The Kier molecular flexibility index (Phi) is 5.15. The first-order chi connectivity index (χ1) is 11.6. The smallest absolute Gasteiger partial charge is 0.260 e. The number of hydrogen-bond acceptors (Lipinski definition) is 5. The highest BCUT2D eigenvalue weighted by Crippen LogP contribution is 2.17. The fourth-order valence-electron chi connectivity index (χ4n) is 2.54. The lowest BCUT2D eigenvalue weighted by Crippen LogP contribution is -2.50. The molecule has 0 aliphatic carbocycles. The van der Waals surface area contributed by atoms with Gasteiger partial charge in [0.15, 0.2) is 12.4 Å². The number of hydrogen-bond donors (Lipinski definition) is 0. The number of benzene rings is 1. The van der Waals surface area contributed by atoms with E-state index in [9.17, 15) is 4.79 Å². The number of carbonyl (C=O) groups excluding carboxylic acids is 1. The Balaban J connectivity index is 1.49. The van der Waals surface area contributed by atoms with Crippen LogP contribution in [0.2, 0.25) is 5.02 Å². The van der Waals surface area contributed by atoms with E-state index in [4.69, 9.17) is 16.3 Å². The van der Waals surface area contributed by atoms with Crippen LogP contribution >= 0.6 is 11.6 Å². The van der Waals surface area contributed by atoms with Crippen molar-refractivity contribution in [1.82, 2.24) is 15.1 Å². The summed E-state index contributed by atoms with van der Waals surface area (Å²) in [6, 6.07) is 10.9. The lowest BCUT2D eigenvalue weighted by atomic mass is 10.3. The summed E-state index contributed by atoms with van der Waals surface area (Å²) in [6.45, 7) is 4.69. The molecule has 0 atom stereocenters. The molecule has 1 aliphatic rings. The van der Waals surface area contributed by atoms with E-state index in [1.54, 1.807) is 24.3 Å². The first-order valence-corrected chi connectivity index (χ1v) is 8.21. The van der Waals surface area contributed by atoms with Gasteiger partial charge in [0.05, 0.1) is 5.69 Å². The maximum atomic E-state index is 12.3. The number of rotatable bonds is 4. The van der Waals surface area contributed by atoms with Gasteiger partial charge >= 0.3 is 0 Å². The number of ether oxygens (including phenoxy) is 1. The van der Waals surface area contributed by atoms with E-state index < -0.39 is 0 Å². The molecule has 126 valence electrons. The molecule has 1 aromatic carbocycles. The third-order valence-corrected chi connectivity index (χ3v) is 4.13. The summed E-state index contributed by atoms with van der Waals surface area (Å²) >= 11 is 5.90. The molecule has 3 rings (SSSR count). The highest BCUT2D eigenvalue weighted by molar-refractivity contribution is 6.30. The fraction of sp³-hybridized carbons (Fsp3) is 0.353. The number of nitrogens with zero attached hydrogens (tertiary/aromatic N) is 4. The lowest BCUT2D eigenvalue weighted by Gasteiger charge is -2.35. The second-order valence-corrected chi connectivity index (χ2v) is 6.08. The van der Waals surface area contributed by atoms with Crippen LogP contribution in [0.3, 0.4) is 0 Å². The molecule has 2 aromatic rings. The maximum absolute atomic E-state index is 12.3. The van der Waals surface area contributed by atoms with Crippen LogP contribution in [0.5, 0.6) is 5.75 Å². The number of halogens is 1. The summed E-state index contributed by atoms with van der Waals surface area (Å²) in [7, 11) is 0. The Morgan fingerprint density at radius 3 is 2.62 bits per heavy atom. The zero-order chi connectivity index (χ0) is 16.9. The Morgan fingerprint density at radius 1 is 1.17 bits per heavy atom. The van der Waals surface area contributed by atoms with Gasteiger partial charge in [-0.05, 0) is 37.3 Å². The van der Waals surface area contributed by atoms with Crippen molar-refractivity contribution in [2.24, 2.45) is 0 Å². The number of amides is 1. The molecular weight excluding hydrogens is 328 g/mol. The molecule has 1 aliphatic heterocycles. The second-order valence-electron chi connectivity index (χ2n) is 5.65. The van der Waals surface area contributed by atoms with Crippen LogP contribution in [0, 0.1) is 6.92 Å². The standard InChI is InChI=1S/C17H19ClN4O2/c1-13-5-6-16(20-19-13)21-7-9-22(10-8-21)17(23)12-24-15-4-2-3-14(18)11-15/h2-6,11H,7-10,12H2,1H3. The van der Waals surface area contributed by atoms with Gasteiger partial charge in [-0.1, -0.05) is 17.7 Å². The number of carbonyl (C=O) groups is 1. The molecule has 1 fully saturated rings. The van der Waals surface area contributed by atoms with Crippen molar-refractivity contribution in [2.45, 2.75) is 6.92 Å². The number of aryl methyl sites for hydroxylation is 1. The summed E-state index contributed by atoms with van der Waals surface area (Å²) in [4.78, 5) is 16.2. The fourth-order valence-corrected chi connectivity index (χ4v) is 2.72. The third kappa shape index (κ3) is 4.14. The quantitative estimate of drug-likeness (QED) is 0.849. The number of aromatic nitrogens is 2. The molecule has 1 aromatic heterocycles. The molecule has 1 amide bonds. The average Bonchev–Trinajstić information content (AvgIpc) is 2.61. The predicted octanol–water partition coefficient (Wildman–Crippen LogP) is 2.17. The van der Waals surface area contributed by atoms with Crippen LogP contribution in [0.25, 0.3) is 0 Å². The first-order valence-electron chi connectivity index (χ1n) is 7.83. The molecule has 0 bridgehead atoms. The molecule has 0 saturated carbocycles. The van der Waals surface area contributed by atoms with Crippen LogP contribution in [0.1, 0.15) is 5.69 Å². The van der Waals surface area contributed by atoms with Crippen molar-refractivity contribution in [2.75, 3.05) is 37.7 Å². The van der Waals surface area contributed by atoms with Gasteiger partial charge in [0.25, 0.3) is 5.91 Å². The molecule has 24 heavy (non-hydrogen) atoms. The molecular formula is C17H19ClN4O2. The van der Waals surface area contributed by atoms with E-state index in [1.807, 2.05) is 24.0 Å². The van der Waals surface area contributed by atoms with Gasteiger partial charge in [0, 0.05) is 31.2 Å². The molecule has 0 spiro atoms. The van der Waals surface area contributed by atoms with Gasteiger partial charge in [0.2, 0.25) is 0 Å². The summed E-state index contributed by atoms with van der Waals surface area (Å²) in [5.41, 5.74) is 0.894. The maximum Gasteiger partial charge on any atom is 0.260 e. The third-order valence-electron chi connectivity index (χ3n) is 3.90. The number of piperazine rings is 1. The first kappa shape index (κ1) is 16.5. The van der Waals surface area contributed by atoms with E-state index in [-0.39, 0.29) is 12.5 Å². The van der Waals surface area contributed by atoms with E-state index >= 15 is 0 Å². The minimum absolute atomic E-state index is 0.0185. The Labute approximate surface area is 146 Å².